The molecule has 3 aromatic heterocycles. The van der Waals surface area contributed by atoms with E-state index in [1.165, 1.54) is 11.8 Å². The van der Waals surface area contributed by atoms with Crippen LogP contribution in [0.2, 0.25) is 0 Å². The number of furan rings is 1. The van der Waals surface area contributed by atoms with Gasteiger partial charge in [-0.2, -0.15) is 13.2 Å². The molecule has 0 bridgehead atoms. The number of nitrogens with zero attached hydrogens (tertiary/aromatic N) is 3. The summed E-state index contributed by atoms with van der Waals surface area (Å²) >= 11 is 1.53. The number of para-hydroxylation sites is 2. The fourth-order valence-electron chi connectivity index (χ4n) is 3.04. The molecule has 3 N–H and O–H groups in total. The third-order valence-electron chi connectivity index (χ3n) is 4.43. The van der Waals surface area contributed by atoms with Crippen molar-refractivity contribution in [3.8, 4) is 5.75 Å². The SMILES string of the molecule is Cc1nc(SCc2nc3c(O)cccc3[nH]2)c2oc3ccccc3c2n1.O=C(O)C(F)(F)F. The standard InChI is InChI=1S/C19H14N4O2S.C2HF3O2/c1-10-20-16-11-5-2-3-8-14(11)25-18(16)19(21-10)26-9-15-22-12-6-4-7-13(24)17(12)23-15;3-2(4,5)1(6)7/h2-8,24H,9H2,1H3,(H,22,23);(H,6,7). The molecule has 2 aromatic carbocycles. The van der Waals surface area contributed by atoms with Gasteiger partial charge in [0.15, 0.2) is 5.58 Å². The lowest BCUT2D eigenvalue weighted by Gasteiger charge is -2.01. The van der Waals surface area contributed by atoms with Crippen molar-refractivity contribution in [2.75, 3.05) is 0 Å². The highest BCUT2D eigenvalue weighted by Crippen LogP contribution is 2.34. The molecule has 0 atom stereocenters. The van der Waals surface area contributed by atoms with Gasteiger partial charge in [-0.3, -0.25) is 0 Å². The zero-order chi connectivity index (χ0) is 23.8. The van der Waals surface area contributed by atoms with Crippen molar-refractivity contribution in [2.24, 2.45) is 0 Å². The summed E-state index contributed by atoms with van der Waals surface area (Å²) in [4.78, 5) is 25.7. The van der Waals surface area contributed by atoms with Gasteiger partial charge in [-0.15, -0.1) is 0 Å². The minimum atomic E-state index is -5.08. The third-order valence-corrected chi connectivity index (χ3v) is 5.40. The number of rotatable bonds is 3. The van der Waals surface area contributed by atoms with E-state index in [1.54, 1.807) is 12.1 Å². The van der Waals surface area contributed by atoms with Crippen LogP contribution in [0.1, 0.15) is 11.6 Å². The van der Waals surface area contributed by atoms with E-state index in [4.69, 9.17) is 14.3 Å². The molecule has 12 heteroatoms. The van der Waals surface area contributed by atoms with E-state index in [0.29, 0.717) is 22.7 Å². The first-order valence-corrected chi connectivity index (χ1v) is 10.4. The highest BCUT2D eigenvalue weighted by Gasteiger charge is 2.38. The van der Waals surface area contributed by atoms with E-state index in [1.807, 2.05) is 37.3 Å². The van der Waals surface area contributed by atoms with Crippen LogP contribution < -0.4 is 0 Å². The number of H-pyrrole nitrogens is 1. The van der Waals surface area contributed by atoms with Gasteiger partial charge in [0.1, 0.15) is 39.0 Å². The number of phenolic OH excluding ortho intramolecular Hbond substituents is 1. The maximum atomic E-state index is 10.6. The van der Waals surface area contributed by atoms with E-state index in [-0.39, 0.29) is 5.75 Å². The number of imidazole rings is 1. The van der Waals surface area contributed by atoms with Gasteiger partial charge >= 0.3 is 12.1 Å². The van der Waals surface area contributed by atoms with Crippen LogP contribution in [-0.2, 0) is 10.5 Å². The molecule has 0 saturated heterocycles. The Morgan fingerprint density at radius 1 is 1.09 bits per heavy atom. The number of aromatic amines is 1. The number of aromatic nitrogens is 4. The number of aliphatic carboxylic acids is 1. The van der Waals surface area contributed by atoms with E-state index >= 15 is 0 Å². The predicted molar refractivity (Wildman–Crippen MR) is 115 cm³/mol. The maximum absolute atomic E-state index is 10.6. The number of phenols is 1. The highest BCUT2D eigenvalue weighted by atomic mass is 32.2. The Hall–Kier alpha value is -3.80. The summed E-state index contributed by atoms with van der Waals surface area (Å²) in [5, 5.41) is 18.8. The topological polar surface area (TPSA) is 125 Å². The second-order valence-electron chi connectivity index (χ2n) is 6.80. The fraction of sp³-hybridized carbons (Fsp3) is 0.143. The Bertz CT molecular complexity index is 1480. The molecule has 170 valence electrons. The second kappa shape index (κ2) is 8.62. The van der Waals surface area contributed by atoms with Crippen LogP contribution in [0, 0.1) is 6.92 Å². The van der Waals surface area contributed by atoms with Gasteiger partial charge in [-0.25, -0.2) is 19.7 Å². The summed E-state index contributed by atoms with van der Waals surface area (Å²) in [6.07, 6.45) is -5.08. The molecule has 0 aliphatic carbocycles. The lowest BCUT2D eigenvalue weighted by atomic mass is 10.2. The molecule has 0 amide bonds. The molecule has 0 spiro atoms. The Morgan fingerprint density at radius 2 is 1.82 bits per heavy atom. The van der Waals surface area contributed by atoms with Gasteiger partial charge in [0, 0.05) is 5.39 Å². The smallest absolute Gasteiger partial charge is 0.490 e. The number of fused-ring (bicyclic) bond motifs is 4. The van der Waals surface area contributed by atoms with Crippen LogP contribution in [0.3, 0.4) is 0 Å². The molecule has 33 heavy (non-hydrogen) atoms. The molecular weight excluding hydrogens is 461 g/mol. The molecule has 0 aliphatic heterocycles. The average molecular weight is 476 g/mol. The van der Waals surface area contributed by atoms with Crippen molar-refractivity contribution in [2.45, 2.75) is 23.9 Å². The number of carbonyl (C=O) groups is 1. The van der Waals surface area contributed by atoms with Gasteiger partial charge in [0.25, 0.3) is 0 Å². The van der Waals surface area contributed by atoms with Crippen molar-refractivity contribution in [1.29, 1.82) is 0 Å². The Morgan fingerprint density at radius 3 is 2.52 bits per heavy atom. The number of thioether (sulfide) groups is 1. The van der Waals surface area contributed by atoms with Gasteiger partial charge in [0.05, 0.1) is 11.3 Å². The first-order valence-electron chi connectivity index (χ1n) is 9.39. The van der Waals surface area contributed by atoms with E-state index < -0.39 is 12.1 Å². The van der Waals surface area contributed by atoms with Crippen molar-refractivity contribution in [3.05, 3.63) is 54.1 Å². The van der Waals surface area contributed by atoms with Crippen LogP contribution in [-0.4, -0.2) is 42.3 Å². The number of carboxylic acid groups (broad SMARTS) is 1. The first-order chi connectivity index (χ1) is 15.6. The summed E-state index contributed by atoms with van der Waals surface area (Å²) in [6, 6.07) is 13.2. The quantitative estimate of drug-likeness (QED) is 0.240. The number of hydrogen-bond acceptors (Lipinski definition) is 7. The zero-order valence-electron chi connectivity index (χ0n) is 16.8. The van der Waals surface area contributed by atoms with Gasteiger partial charge in [-0.05, 0) is 31.2 Å². The van der Waals surface area contributed by atoms with Crippen molar-refractivity contribution in [3.63, 3.8) is 0 Å². The summed E-state index contributed by atoms with van der Waals surface area (Å²) in [5.41, 5.74) is 3.72. The minimum Gasteiger partial charge on any atom is -0.506 e. The largest absolute Gasteiger partial charge is 0.506 e. The van der Waals surface area contributed by atoms with Crippen molar-refractivity contribution >= 4 is 50.8 Å². The van der Waals surface area contributed by atoms with E-state index in [0.717, 1.165) is 32.9 Å². The maximum Gasteiger partial charge on any atom is 0.490 e. The lowest BCUT2D eigenvalue weighted by molar-refractivity contribution is -0.192. The molecule has 5 aromatic rings. The van der Waals surface area contributed by atoms with Crippen LogP contribution in [0.25, 0.3) is 33.1 Å². The minimum absolute atomic E-state index is 0.174. The van der Waals surface area contributed by atoms with Crippen molar-refractivity contribution < 1.29 is 32.6 Å². The molecule has 8 nitrogen and oxygen atoms in total. The summed E-state index contributed by atoms with van der Waals surface area (Å²) in [5.74, 6) is -0.530. The van der Waals surface area contributed by atoms with Crippen LogP contribution in [0.4, 0.5) is 13.2 Å². The van der Waals surface area contributed by atoms with Gasteiger partial charge < -0.3 is 19.6 Å². The normalized spacial score (nSPS) is 11.6. The Balaban J connectivity index is 0.000000325. The summed E-state index contributed by atoms with van der Waals surface area (Å²) < 4.78 is 37.7. The highest BCUT2D eigenvalue weighted by molar-refractivity contribution is 7.98. The average Bonchev–Trinajstić information content (AvgIpc) is 3.34. The van der Waals surface area contributed by atoms with E-state index in [9.17, 15) is 18.3 Å². The fourth-order valence-corrected chi connectivity index (χ4v) is 3.92. The van der Waals surface area contributed by atoms with Gasteiger partial charge in [0.2, 0.25) is 0 Å². The lowest BCUT2D eigenvalue weighted by Crippen LogP contribution is -2.21. The molecular formula is C21H15F3N4O4S. The van der Waals surface area contributed by atoms with E-state index in [2.05, 4.69) is 19.9 Å². The number of aryl methyl sites for hydroxylation is 1. The molecule has 3 heterocycles. The van der Waals surface area contributed by atoms with Crippen LogP contribution in [0.15, 0.2) is 51.9 Å². The van der Waals surface area contributed by atoms with Crippen LogP contribution in [0.5, 0.6) is 5.75 Å². The monoisotopic (exact) mass is 476 g/mol. The Kier molecular flexibility index (Phi) is 5.85. The predicted octanol–water partition coefficient (Wildman–Crippen LogP) is 5.19. The molecule has 0 fully saturated rings. The number of alkyl halides is 3. The molecule has 5 rings (SSSR count). The molecule has 0 radical (unpaired) electrons. The summed E-state index contributed by atoms with van der Waals surface area (Å²) in [7, 11) is 0. The van der Waals surface area contributed by atoms with Crippen molar-refractivity contribution in [1.82, 2.24) is 19.9 Å². The van der Waals surface area contributed by atoms with Gasteiger partial charge in [-0.1, -0.05) is 30.0 Å². The molecule has 0 unspecified atom stereocenters. The number of aromatic hydroxyl groups is 1. The van der Waals surface area contributed by atoms with Crippen LogP contribution >= 0.6 is 11.8 Å². The molecule has 0 saturated carbocycles. The molecule has 0 aliphatic rings. The number of nitrogens with one attached hydrogen (secondary N) is 1. The number of carboxylic acids is 1. The second-order valence-corrected chi connectivity index (χ2v) is 7.76. The number of hydrogen-bond donors (Lipinski definition) is 3. The summed E-state index contributed by atoms with van der Waals surface area (Å²) in [6.45, 7) is 1.88. The third kappa shape index (κ3) is 4.70. The number of benzene rings is 2. The first kappa shape index (κ1) is 22.4. The number of halogens is 3. The Labute approximate surface area is 187 Å². The zero-order valence-corrected chi connectivity index (χ0v) is 17.7.